The number of carboxylic acids is 1. The molecule has 5 nitrogen and oxygen atoms in total. The highest BCUT2D eigenvalue weighted by Gasteiger charge is 2.36. The van der Waals surface area contributed by atoms with Crippen molar-refractivity contribution in [2.45, 2.75) is 59.3 Å². The van der Waals surface area contributed by atoms with E-state index in [0.29, 0.717) is 17.7 Å². The first-order valence-electron chi connectivity index (χ1n) is 12.0. The van der Waals surface area contributed by atoms with Crippen LogP contribution in [0.2, 0.25) is 0 Å². The number of hydrogen-bond acceptors (Lipinski definition) is 4. The van der Waals surface area contributed by atoms with Gasteiger partial charge in [-0.1, -0.05) is 45.0 Å². The smallest absolute Gasteiger partial charge is 0.338 e. The van der Waals surface area contributed by atoms with Crippen LogP contribution in [0.1, 0.15) is 68.8 Å². The summed E-state index contributed by atoms with van der Waals surface area (Å²) in [7, 11) is 0. The summed E-state index contributed by atoms with van der Waals surface area (Å²) in [5, 5.41) is 9.72. The van der Waals surface area contributed by atoms with Gasteiger partial charge in [-0.2, -0.15) is 0 Å². The SMILES string of the molecule is CC1C=C(C(=O)O)C(C)CCC(COC(=O)c2ccccc2)C(C)(CCc2ccoc2)CC1. The van der Waals surface area contributed by atoms with E-state index in [-0.39, 0.29) is 29.1 Å². The fraction of sp³-hybridized carbons (Fsp3) is 0.500. The monoisotopic (exact) mass is 452 g/mol. The van der Waals surface area contributed by atoms with Crippen LogP contribution in [-0.4, -0.2) is 23.7 Å². The van der Waals surface area contributed by atoms with Gasteiger partial charge in [-0.15, -0.1) is 0 Å². The quantitative estimate of drug-likeness (QED) is 0.482. The lowest BCUT2D eigenvalue weighted by molar-refractivity contribution is -0.133. The maximum absolute atomic E-state index is 12.7. The second kappa shape index (κ2) is 11.4. The van der Waals surface area contributed by atoms with Crippen LogP contribution >= 0.6 is 0 Å². The first kappa shape index (κ1) is 24.8. The molecule has 33 heavy (non-hydrogen) atoms. The van der Waals surface area contributed by atoms with E-state index in [1.54, 1.807) is 24.7 Å². The van der Waals surface area contributed by atoms with E-state index in [2.05, 4.69) is 13.8 Å². The number of allylic oxidation sites excluding steroid dienone is 1. The van der Waals surface area contributed by atoms with Gasteiger partial charge in [0.25, 0.3) is 0 Å². The minimum atomic E-state index is -0.829. The zero-order valence-corrected chi connectivity index (χ0v) is 20.0. The highest BCUT2D eigenvalue weighted by atomic mass is 16.5. The van der Waals surface area contributed by atoms with E-state index in [4.69, 9.17) is 9.15 Å². The van der Waals surface area contributed by atoms with Crippen molar-refractivity contribution in [3.8, 4) is 0 Å². The molecule has 1 aromatic carbocycles. The largest absolute Gasteiger partial charge is 0.478 e. The standard InChI is InChI=1S/C28H36O5/c1-20-11-14-28(3,15-12-22-13-16-32-18-22)24(10-9-21(2)25(17-20)26(29)30)19-33-27(31)23-7-5-4-6-8-23/h4-8,13,16-18,20-21,24H,9-12,14-15,19H2,1-3H3,(H,29,30). The molecule has 4 unspecified atom stereocenters. The zero-order chi connectivity index (χ0) is 23.8. The molecule has 0 radical (unpaired) electrons. The first-order chi connectivity index (χ1) is 15.8. The number of aliphatic carboxylic acids is 1. The van der Waals surface area contributed by atoms with Crippen molar-refractivity contribution in [1.82, 2.24) is 0 Å². The number of carboxylic acid groups (broad SMARTS) is 1. The predicted octanol–water partition coefficient (Wildman–Crippen LogP) is 6.55. The third kappa shape index (κ3) is 6.83. The lowest BCUT2D eigenvalue weighted by Gasteiger charge is -2.40. The lowest BCUT2D eigenvalue weighted by Crippen LogP contribution is -2.34. The zero-order valence-electron chi connectivity index (χ0n) is 20.0. The number of ether oxygens (including phenoxy) is 1. The summed E-state index contributed by atoms with van der Waals surface area (Å²) in [4.78, 5) is 24.5. The molecular formula is C28H36O5. The molecule has 3 rings (SSSR count). The molecule has 0 amide bonds. The van der Waals surface area contributed by atoms with Crippen LogP contribution in [0.5, 0.6) is 0 Å². The van der Waals surface area contributed by atoms with Crippen LogP contribution in [-0.2, 0) is 16.0 Å². The first-order valence-corrected chi connectivity index (χ1v) is 12.0. The van der Waals surface area contributed by atoms with Crippen molar-refractivity contribution >= 4 is 11.9 Å². The van der Waals surface area contributed by atoms with Crippen molar-refractivity contribution in [1.29, 1.82) is 0 Å². The highest BCUT2D eigenvalue weighted by Crippen LogP contribution is 2.43. The average Bonchev–Trinajstić information content (AvgIpc) is 3.33. The van der Waals surface area contributed by atoms with Crippen molar-refractivity contribution in [3.63, 3.8) is 0 Å². The Morgan fingerprint density at radius 1 is 1.12 bits per heavy atom. The summed E-state index contributed by atoms with van der Waals surface area (Å²) >= 11 is 0. The Labute approximate surface area is 196 Å². The summed E-state index contributed by atoms with van der Waals surface area (Å²) in [5.74, 6) is -0.868. The van der Waals surface area contributed by atoms with E-state index in [9.17, 15) is 14.7 Å². The second-order valence-corrected chi connectivity index (χ2v) is 9.87. The molecule has 0 fully saturated rings. The van der Waals surface area contributed by atoms with Crippen LogP contribution in [0.15, 0.2) is 65.0 Å². The highest BCUT2D eigenvalue weighted by molar-refractivity contribution is 5.89. The molecule has 178 valence electrons. The van der Waals surface area contributed by atoms with Gasteiger partial charge in [-0.25, -0.2) is 9.59 Å². The topological polar surface area (TPSA) is 76.7 Å². The van der Waals surface area contributed by atoms with Gasteiger partial charge in [-0.05, 0) is 85.5 Å². The number of esters is 1. The molecule has 0 bridgehead atoms. The molecule has 1 aliphatic rings. The molecule has 0 spiro atoms. The van der Waals surface area contributed by atoms with Gasteiger partial charge in [0.15, 0.2) is 0 Å². The predicted molar refractivity (Wildman–Crippen MR) is 128 cm³/mol. The van der Waals surface area contributed by atoms with Gasteiger partial charge in [0.05, 0.1) is 24.7 Å². The normalized spacial score (nSPS) is 26.3. The van der Waals surface area contributed by atoms with Crippen LogP contribution in [0, 0.1) is 23.2 Å². The van der Waals surface area contributed by atoms with E-state index in [1.807, 2.05) is 37.3 Å². The number of aryl methyl sites for hydroxylation is 1. The van der Waals surface area contributed by atoms with Gasteiger partial charge in [0.1, 0.15) is 0 Å². The van der Waals surface area contributed by atoms with Crippen molar-refractivity contribution in [2.75, 3.05) is 6.61 Å². The fourth-order valence-electron chi connectivity index (χ4n) is 4.87. The number of hydrogen-bond donors (Lipinski definition) is 1. The van der Waals surface area contributed by atoms with Gasteiger partial charge in [-0.3, -0.25) is 0 Å². The third-order valence-corrected chi connectivity index (χ3v) is 7.34. The number of rotatable bonds is 7. The molecule has 0 saturated heterocycles. The van der Waals surface area contributed by atoms with Crippen molar-refractivity contribution < 1.29 is 23.8 Å². The molecular weight excluding hydrogens is 416 g/mol. The van der Waals surface area contributed by atoms with Gasteiger partial charge in [0, 0.05) is 5.57 Å². The van der Waals surface area contributed by atoms with Crippen LogP contribution < -0.4 is 0 Å². The third-order valence-electron chi connectivity index (χ3n) is 7.34. The van der Waals surface area contributed by atoms with Crippen molar-refractivity contribution in [2.24, 2.45) is 23.2 Å². The number of carbonyl (C=O) groups excluding carboxylic acids is 1. The molecule has 0 aliphatic heterocycles. The van der Waals surface area contributed by atoms with Crippen LogP contribution in [0.4, 0.5) is 0 Å². The number of benzene rings is 1. The molecule has 0 saturated carbocycles. The minimum Gasteiger partial charge on any atom is -0.478 e. The molecule has 2 aromatic rings. The molecule has 1 N–H and O–H groups in total. The molecule has 1 aromatic heterocycles. The summed E-state index contributed by atoms with van der Waals surface area (Å²) in [6, 6.07) is 11.1. The Kier molecular flexibility index (Phi) is 8.54. The maximum Gasteiger partial charge on any atom is 0.338 e. The van der Waals surface area contributed by atoms with Gasteiger partial charge >= 0.3 is 11.9 Å². The lowest BCUT2D eigenvalue weighted by atomic mass is 9.66. The van der Waals surface area contributed by atoms with Crippen LogP contribution in [0.25, 0.3) is 0 Å². The Hall–Kier alpha value is -2.82. The van der Waals surface area contributed by atoms with E-state index in [0.717, 1.165) is 38.5 Å². The number of carbonyl (C=O) groups is 2. The van der Waals surface area contributed by atoms with E-state index < -0.39 is 5.97 Å². The molecule has 4 atom stereocenters. The van der Waals surface area contributed by atoms with E-state index in [1.165, 1.54) is 5.56 Å². The minimum absolute atomic E-state index is 0.0449. The molecule has 1 aliphatic carbocycles. The maximum atomic E-state index is 12.7. The van der Waals surface area contributed by atoms with Gasteiger partial charge in [0.2, 0.25) is 0 Å². The summed E-state index contributed by atoms with van der Waals surface area (Å²) in [6.45, 7) is 6.72. The Balaban J connectivity index is 1.81. The fourth-order valence-corrected chi connectivity index (χ4v) is 4.87. The second-order valence-electron chi connectivity index (χ2n) is 9.87. The van der Waals surface area contributed by atoms with Gasteiger partial charge < -0.3 is 14.3 Å². The summed E-state index contributed by atoms with van der Waals surface area (Å²) < 4.78 is 11.1. The Bertz CT molecular complexity index is 930. The average molecular weight is 453 g/mol. The van der Waals surface area contributed by atoms with E-state index >= 15 is 0 Å². The summed E-state index contributed by atoms with van der Waals surface area (Å²) in [6.07, 6.45) is 10.7. The van der Waals surface area contributed by atoms with Crippen molar-refractivity contribution in [3.05, 3.63) is 71.7 Å². The summed E-state index contributed by atoms with van der Waals surface area (Å²) in [5.41, 5.74) is 2.18. The molecule has 5 heteroatoms. The Morgan fingerprint density at radius 3 is 2.55 bits per heavy atom. The Morgan fingerprint density at radius 2 is 1.88 bits per heavy atom. The molecule has 1 heterocycles. The van der Waals surface area contributed by atoms with Crippen LogP contribution in [0.3, 0.4) is 0 Å². The number of furan rings is 1.